The molecule has 1 saturated heterocycles. The van der Waals surface area contributed by atoms with Crippen LogP contribution in [0.15, 0.2) is 59.7 Å². The lowest BCUT2D eigenvalue weighted by Gasteiger charge is -2.41. The standard InChI is InChI=1S/C24H31N5O2/c25-23(27-18-21-12-6-7-13-26-21)29-16-14-28(15-17-29)22(30)24(31,20-10-4-5-11-20)19-8-2-1-3-9-19/h1-3,6-9,12-13,20,31H,4-5,10-11,14-18H2,(H2,25,27). The smallest absolute Gasteiger partial charge is 0.259 e. The summed E-state index contributed by atoms with van der Waals surface area (Å²) in [4.78, 5) is 26.1. The van der Waals surface area contributed by atoms with E-state index in [1.807, 2.05) is 53.4 Å². The van der Waals surface area contributed by atoms with Crippen LogP contribution in [0.5, 0.6) is 0 Å². The summed E-state index contributed by atoms with van der Waals surface area (Å²) in [5, 5.41) is 11.7. The molecule has 1 amide bonds. The summed E-state index contributed by atoms with van der Waals surface area (Å²) in [7, 11) is 0. The van der Waals surface area contributed by atoms with Gasteiger partial charge in [-0.15, -0.1) is 0 Å². The van der Waals surface area contributed by atoms with E-state index >= 15 is 0 Å². The lowest BCUT2D eigenvalue weighted by Crippen LogP contribution is -2.58. The van der Waals surface area contributed by atoms with E-state index in [1.165, 1.54) is 0 Å². The number of hydrogen-bond donors (Lipinski definition) is 2. The minimum Gasteiger partial charge on any atom is -0.375 e. The number of amides is 1. The number of aliphatic hydroxyl groups is 1. The molecule has 31 heavy (non-hydrogen) atoms. The number of hydrogen-bond acceptors (Lipinski definition) is 4. The van der Waals surface area contributed by atoms with Crippen molar-refractivity contribution in [2.24, 2.45) is 16.6 Å². The topological polar surface area (TPSA) is 95.0 Å². The first-order valence-electron chi connectivity index (χ1n) is 11.1. The van der Waals surface area contributed by atoms with E-state index in [2.05, 4.69) is 9.98 Å². The second kappa shape index (κ2) is 9.47. The molecule has 2 heterocycles. The summed E-state index contributed by atoms with van der Waals surface area (Å²) in [6.07, 6.45) is 5.62. The van der Waals surface area contributed by atoms with Crippen molar-refractivity contribution in [2.75, 3.05) is 26.2 Å². The zero-order valence-electron chi connectivity index (χ0n) is 17.9. The van der Waals surface area contributed by atoms with Crippen LogP contribution in [0.25, 0.3) is 0 Å². The zero-order valence-corrected chi connectivity index (χ0v) is 17.9. The van der Waals surface area contributed by atoms with Gasteiger partial charge in [-0.05, 0) is 30.5 Å². The Bertz CT molecular complexity index is 891. The number of rotatable bonds is 5. The molecular formula is C24H31N5O2. The molecule has 2 aliphatic rings. The molecule has 1 aromatic heterocycles. The van der Waals surface area contributed by atoms with Gasteiger partial charge in [-0.2, -0.15) is 0 Å². The third kappa shape index (κ3) is 4.56. The van der Waals surface area contributed by atoms with Crippen LogP contribution in [0.3, 0.4) is 0 Å². The Hall–Kier alpha value is -2.93. The Balaban J connectivity index is 1.42. The molecule has 1 aliphatic heterocycles. The molecule has 0 radical (unpaired) electrons. The highest BCUT2D eigenvalue weighted by atomic mass is 16.3. The largest absolute Gasteiger partial charge is 0.375 e. The minimum absolute atomic E-state index is 0.0366. The van der Waals surface area contributed by atoms with Crippen molar-refractivity contribution in [3.05, 3.63) is 66.0 Å². The molecule has 7 heteroatoms. The molecule has 1 unspecified atom stereocenters. The summed E-state index contributed by atoms with van der Waals surface area (Å²) >= 11 is 0. The molecule has 2 fully saturated rings. The van der Waals surface area contributed by atoms with Crippen LogP contribution >= 0.6 is 0 Å². The molecule has 164 valence electrons. The van der Waals surface area contributed by atoms with Crippen molar-refractivity contribution in [3.63, 3.8) is 0 Å². The van der Waals surface area contributed by atoms with Crippen LogP contribution in [0.1, 0.15) is 36.9 Å². The number of nitrogens with two attached hydrogens (primary N) is 1. The first-order valence-corrected chi connectivity index (χ1v) is 11.1. The fraction of sp³-hybridized carbons (Fsp3) is 0.458. The van der Waals surface area contributed by atoms with Crippen LogP contribution in [-0.2, 0) is 16.9 Å². The molecule has 1 aromatic carbocycles. The van der Waals surface area contributed by atoms with E-state index in [1.54, 1.807) is 11.1 Å². The minimum atomic E-state index is -1.46. The molecule has 1 saturated carbocycles. The van der Waals surface area contributed by atoms with Crippen molar-refractivity contribution in [1.82, 2.24) is 14.8 Å². The second-order valence-corrected chi connectivity index (χ2v) is 8.39. The van der Waals surface area contributed by atoms with Gasteiger partial charge in [0, 0.05) is 38.3 Å². The van der Waals surface area contributed by atoms with Gasteiger partial charge in [-0.25, -0.2) is 4.99 Å². The molecule has 0 bridgehead atoms. The second-order valence-electron chi connectivity index (χ2n) is 8.39. The van der Waals surface area contributed by atoms with Crippen molar-refractivity contribution in [3.8, 4) is 0 Å². The fourth-order valence-corrected chi connectivity index (χ4v) is 4.70. The van der Waals surface area contributed by atoms with Gasteiger partial charge in [-0.1, -0.05) is 49.2 Å². The van der Waals surface area contributed by atoms with E-state index in [0.717, 1.165) is 31.4 Å². The normalized spacial score (nSPS) is 20.0. The number of piperazine rings is 1. The van der Waals surface area contributed by atoms with Gasteiger partial charge in [-0.3, -0.25) is 9.78 Å². The first kappa shape index (κ1) is 21.3. The fourth-order valence-electron chi connectivity index (χ4n) is 4.70. The maximum atomic E-state index is 13.6. The SMILES string of the molecule is NC(=NCc1ccccn1)N1CCN(C(=O)C(O)(c2ccccc2)C2CCCC2)CC1. The van der Waals surface area contributed by atoms with Crippen LogP contribution in [-0.4, -0.2) is 57.9 Å². The Morgan fingerprint density at radius 2 is 1.68 bits per heavy atom. The number of benzene rings is 1. The number of carbonyl (C=O) groups is 1. The van der Waals surface area contributed by atoms with Crippen LogP contribution < -0.4 is 5.73 Å². The number of carbonyl (C=O) groups excluding carboxylic acids is 1. The Kier molecular flexibility index (Phi) is 6.51. The molecule has 3 N–H and O–H groups in total. The lowest BCUT2D eigenvalue weighted by atomic mass is 9.79. The van der Waals surface area contributed by atoms with Gasteiger partial charge in [0.15, 0.2) is 11.6 Å². The Morgan fingerprint density at radius 3 is 2.32 bits per heavy atom. The number of aliphatic imine (C=N–C) groups is 1. The third-order valence-electron chi connectivity index (χ3n) is 6.51. The molecule has 1 atom stereocenters. The highest BCUT2D eigenvalue weighted by molar-refractivity contribution is 5.87. The summed E-state index contributed by atoms with van der Waals surface area (Å²) in [5.41, 5.74) is 6.29. The average Bonchev–Trinajstić information content (AvgIpc) is 3.38. The molecule has 7 nitrogen and oxygen atoms in total. The van der Waals surface area contributed by atoms with Crippen molar-refractivity contribution >= 4 is 11.9 Å². The number of pyridine rings is 1. The van der Waals surface area contributed by atoms with Gasteiger partial charge >= 0.3 is 0 Å². The van der Waals surface area contributed by atoms with Crippen molar-refractivity contribution in [1.29, 1.82) is 0 Å². The van der Waals surface area contributed by atoms with Gasteiger partial charge in [0.05, 0.1) is 12.2 Å². The Labute approximate surface area is 183 Å². The molecular weight excluding hydrogens is 390 g/mol. The molecule has 0 spiro atoms. The third-order valence-corrected chi connectivity index (χ3v) is 6.51. The van der Waals surface area contributed by atoms with E-state index in [9.17, 15) is 9.90 Å². The van der Waals surface area contributed by atoms with E-state index in [-0.39, 0.29) is 11.8 Å². The monoisotopic (exact) mass is 421 g/mol. The number of nitrogens with zero attached hydrogens (tertiary/aromatic N) is 4. The zero-order chi connectivity index (χ0) is 21.7. The van der Waals surface area contributed by atoms with Crippen molar-refractivity contribution in [2.45, 2.75) is 37.8 Å². The molecule has 1 aliphatic carbocycles. The first-order chi connectivity index (χ1) is 15.1. The predicted octanol–water partition coefficient (Wildman–Crippen LogP) is 2.12. The quantitative estimate of drug-likeness (QED) is 0.570. The maximum Gasteiger partial charge on any atom is 0.259 e. The van der Waals surface area contributed by atoms with Crippen LogP contribution in [0.2, 0.25) is 0 Å². The summed E-state index contributed by atoms with van der Waals surface area (Å²) in [6.45, 7) is 2.65. The maximum absolute atomic E-state index is 13.6. The predicted molar refractivity (Wildman–Crippen MR) is 120 cm³/mol. The van der Waals surface area contributed by atoms with Crippen molar-refractivity contribution < 1.29 is 9.90 Å². The summed E-state index contributed by atoms with van der Waals surface area (Å²) in [6, 6.07) is 15.1. The molecule has 2 aromatic rings. The highest BCUT2D eigenvalue weighted by Gasteiger charge is 2.48. The van der Waals surface area contributed by atoms with Crippen LogP contribution in [0.4, 0.5) is 0 Å². The van der Waals surface area contributed by atoms with Gasteiger partial charge < -0.3 is 20.6 Å². The summed E-state index contributed by atoms with van der Waals surface area (Å²) < 4.78 is 0. The average molecular weight is 422 g/mol. The van der Waals surface area contributed by atoms with Crippen LogP contribution in [0, 0.1) is 5.92 Å². The Morgan fingerprint density at radius 1 is 1.03 bits per heavy atom. The van der Waals surface area contributed by atoms with Gasteiger partial charge in [0.25, 0.3) is 5.91 Å². The lowest BCUT2D eigenvalue weighted by molar-refractivity contribution is -0.160. The van der Waals surface area contributed by atoms with E-state index in [0.29, 0.717) is 44.2 Å². The van der Waals surface area contributed by atoms with Gasteiger partial charge in [0.2, 0.25) is 0 Å². The van der Waals surface area contributed by atoms with Gasteiger partial charge in [0.1, 0.15) is 0 Å². The molecule has 4 rings (SSSR count). The summed E-state index contributed by atoms with van der Waals surface area (Å²) in [5.74, 6) is 0.242. The van der Waals surface area contributed by atoms with E-state index in [4.69, 9.17) is 5.73 Å². The number of guanidine groups is 1. The highest BCUT2D eigenvalue weighted by Crippen LogP contribution is 2.42. The number of aromatic nitrogens is 1. The van der Waals surface area contributed by atoms with E-state index < -0.39 is 5.60 Å².